The Bertz CT molecular complexity index is 473. The third-order valence-electron chi connectivity index (χ3n) is 2.31. The van der Waals surface area contributed by atoms with Crippen LogP contribution in [0.2, 0.25) is 0 Å². The molecule has 0 saturated heterocycles. The minimum Gasteiger partial charge on any atom is -0.313 e. The van der Waals surface area contributed by atoms with Crippen LogP contribution < -0.4 is 0 Å². The van der Waals surface area contributed by atoms with Gasteiger partial charge in [0.05, 0.1) is 0 Å². The Morgan fingerprint density at radius 1 is 1.31 bits per heavy atom. The molecule has 0 radical (unpaired) electrons. The maximum atomic E-state index is 4.18. The number of nitrogens with zero attached hydrogens (tertiary/aromatic N) is 4. The Hall–Kier alpha value is -1.71. The van der Waals surface area contributed by atoms with Gasteiger partial charge in [-0.05, 0) is 24.5 Å². The van der Waals surface area contributed by atoms with E-state index in [9.17, 15) is 0 Å². The third kappa shape index (κ3) is 2.27. The fourth-order valence-corrected chi connectivity index (χ4v) is 1.68. The molecule has 0 N–H and O–H groups in total. The van der Waals surface area contributed by atoms with Crippen molar-refractivity contribution in [3.05, 3.63) is 30.4 Å². The molecule has 4 heteroatoms. The van der Waals surface area contributed by atoms with Crippen LogP contribution in [0.4, 0.5) is 0 Å². The lowest BCUT2D eigenvalue weighted by atomic mass is 10.2. The number of hydrogen-bond donors (Lipinski definition) is 0. The van der Waals surface area contributed by atoms with E-state index in [1.807, 2.05) is 19.3 Å². The van der Waals surface area contributed by atoms with E-state index >= 15 is 0 Å². The van der Waals surface area contributed by atoms with Gasteiger partial charge in [0.2, 0.25) is 0 Å². The van der Waals surface area contributed by atoms with Gasteiger partial charge in [-0.3, -0.25) is 4.98 Å². The summed E-state index contributed by atoms with van der Waals surface area (Å²) in [5.41, 5.74) is 2.16. The smallest absolute Gasteiger partial charge is 0.165 e. The zero-order valence-electron chi connectivity index (χ0n) is 9.88. The minimum absolute atomic E-state index is 0.576. The van der Waals surface area contributed by atoms with Gasteiger partial charge in [-0.2, -0.15) is 0 Å². The second-order valence-corrected chi connectivity index (χ2v) is 4.45. The van der Waals surface area contributed by atoms with Crippen molar-refractivity contribution in [3.8, 4) is 11.4 Å². The van der Waals surface area contributed by atoms with Crippen molar-refractivity contribution in [2.24, 2.45) is 5.92 Å². The first-order chi connectivity index (χ1) is 7.66. The van der Waals surface area contributed by atoms with Gasteiger partial charge < -0.3 is 4.57 Å². The van der Waals surface area contributed by atoms with E-state index < -0.39 is 0 Å². The van der Waals surface area contributed by atoms with E-state index in [0.717, 1.165) is 23.5 Å². The topological polar surface area (TPSA) is 43.6 Å². The number of rotatable bonds is 3. The molecule has 2 aromatic heterocycles. The molecular weight excluding hydrogens is 200 g/mol. The first-order valence-electron chi connectivity index (χ1n) is 5.46. The normalized spacial score (nSPS) is 11.0. The Morgan fingerprint density at radius 3 is 2.81 bits per heavy atom. The van der Waals surface area contributed by atoms with Crippen molar-refractivity contribution in [3.63, 3.8) is 0 Å². The molecule has 16 heavy (non-hydrogen) atoms. The van der Waals surface area contributed by atoms with E-state index in [-0.39, 0.29) is 0 Å². The van der Waals surface area contributed by atoms with Crippen LogP contribution in [0.3, 0.4) is 0 Å². The molecule has 0 atom stereocenters. The highest BCUT2D eigenvalue weighted by atomic mass is 15.3. The molecule has 4 nitrogen and oxygen atoms in total. The summed E-state index contributed by atoms with van der Waals surface area (Å²) >= 11 is 0. The van der Waals surface area contributed by atoms with Crippen LogP contribution in [0.15, 0.2) is 24.8 Å². The number of aryl methyl sites for hydroxylation is 1. The summed E-state index contributed by atoms with van der Waals surface area (Å²) in [5, 5.41) is 8.12. The van der Waals surface area contributed by atoms with Gasteiger partial charge in [0, 0.05) is 24.5 Å². The van der Waals surface area contributed by atoms with Crippen LogP contribution >= 0.6 is 0 Å². The molecule has 0 bridgehead atoms. The van der Waals surface area contributed by atoms with E-state index in [1.54, 1.807) is 6.33 Å². The molecule has 0 fully saturated rings. The summed E-state index contributed by atoms with van der Waals surface area (Å²) in [4.78, 5) is 4.18. The quantitative estimate of drug-likeness (QED) is 0.790. The molecule has 0 unspecified atom stereocenters. The van der Waals surface area contributed by atoms with Crippen molar-refractivity contribution in [2.75, 3.05) is 0 Å². The largest absolute Gasteiger partial charge is 0.313 e. The molecule has 2 rings (SSSR count). The molecule has 84 valence electrons. The molecular formula is C12H16N4. The van der Waals surface area contributed by atoms with Gasteiger partial charge in [0.15, 0.2) is 5.82 Å². The van der Waals surface area contributed by atoms with Crippen LogP contribution in [-0.2, 0) is 6.54 Å². The van der Waals surface area contributed by atoms with Crippen LogP contribution in [0.25, 0.3) is 11.4 Å². The number of aromatic nitrogens is 4. The number of hydrogen-bond acceptors (Lipinski definition) is 3. The second kappa shape index (κ2) is 4.43. The van der Waals surface area contributed by atoms with Crippen molar-refractivity contribution in [1.82, 2.24) is 19.7 Å². The molecule has 0 aromatic carbocycles. The summed E-state index contributed by atoms with van der Waals surface area (Å²) < 4.78 is 2.07. The summed E-state index contributed by atoms with van der Waals surface area (Å²) in [6.45, 7) is 7.31. The highest BCUT2D eigenvalue weighted by Gasteiger charge is 2.08. The molecule has 2 heterocycles. The van der Waals surface area contributed by atoms with Gasteiger partial charge >= 0.3 is 0 Å². The average molecular weight is 216 g/mol. The molecule has 0 spiro atoms. The van der Waals surface area contributed by atoms with E-state index in [1.165, 1.54) is 0 Å². The van der Waals surface area contributed by atoms with Gasteiger partial charge in [-0.25, -0.2) is 0 Å². The van der Waals surface area contributed by atoms with E-state index in [2.05, 4.69) is 39.7 Å². The Labute approximate surface area is 95.4 Å². The van der Waals surface area contributed by atoms with Crippen molar-refractivity contribution >= 4 is 0 Å². The van der Waals surface area contributed by atoms with Gasteiger partial charge in [-0.15, -0.1) is 10.2 Å². The highest BCUT2D eigenvalue weighted by Crippen LogP contribution is 2.17. The lowest BCUT2D eigenvalue weighted by Gasteiger charge is -2.08. The third-order valence-corrected chi connectivity index (χ3v) is 2.31. The predicted molar refractivity (Wildman–Crippen MR) is 62.8 cm³/mol. The van der Waals surface area contributed by atoms with Crippen molar-refractivity contribution in [1.29, 1.82) is 0 Å². The van der Waals surface area contributed by atoms with Crippen LogP contribution in [-0.4, -0.2) is 19.7 Å². The summed E-state index contributed by atoms with van der Waals surface area (Å²) in [5.74, 6) is 1.47. The zero-order chi connectivity index (χ0) is 11.5. The molecule has 0 aliphatic heterocycles. The van der Waals surface area contributed by atoms with Gasteiger partial charge in [0.1, 0.15) is 6.33 Å². The fourth-order valence-electron chi connectivity index (χ4n) is 1.68. The lowest BCUT2D eigenvalue weighted by molar-refractivity contribution is 0.525. The molecule has 0 aliphatic rings. The van der Waals surface area contributed by atoms with E-state index in [4.69, 9.17) is 0 Å². The summed E-state index contributed by atoms with van der Waals surface area (Å²) in [6, 6.07) is 2.08. The fraction of sp³-hybridized carbons (Fsp3) is 0.417. The lowest BCUT2D eigenvalue weighted by Crippen LogP contribution is -2.05. The molecule has 0 aliphatic carbocycles. The Morgan fingerprint density at radius 2 is 2.12 bits per heavy atom. The second-order valence-electron chi connectivity index (χ2n) is 4.45. The van der Waals surface area contributed by atoms with Crippen LogP contribution in [0.1, 0.15) is 19.4 Å². The van der Waals surface area contributed by atoms with Crippen LogP contribution in [0, 0.1) is 12.8 Å². The standard InChI is InChI=1S/C12H16N4/c1-9(2)7-16-8-14-15-12(16)11-4-10(3)5-13-6-11/h4-6,8-9H,7H2,1-3H3. The Balaban J connectivity index is 2.37. The van der Waals surface area contributed by atoms with Crippen molar-refractivity contribution in [2.45, 2.75) is 27.3 Å². The maximum Gasteiger partial charge on any atom is 0.165 e. The molecule has 0 saturated carbocycles. The monoisotopic (exact) mass is 216 g/mol. The highest BCUT2D eigenvalue weighted by molar-refractivity contribution is 5.54. The first kappa shape index (κ1) is 10.8. The van der Waals surface area contributed by atoms with Gasteiger partial charge in [-0.1, -0.05) is 13.8 Å². The van der Waals surface area contributed by atoms with Crippen molar-refractivity contribution < 1.29 is 0 Å². The molecule has 0 amide bonds. The summed E-state index contributed by atoms with van der Waals surface area (Å²) in [7, 11) is 0. The van der Waals surface area contributed by atoms with Crippen LogP contribution in [0.5, 0.6) is 0 Å². The van der Waals surface area contributed by atoms with Gasteiger partial charge in [0.25, 0.3) is 0 Å². The molecule has 2 aromatic rings. The summed E-state index contributed by atoms with van der Waals surface area (Å²) in [6.07, 6.45) is 5.44. The first-order valence-corrected chi connectivity index (χ1v) is 5.46. The predicted octanol–water partition coefficient (Wildman–Crippen LogP) is 2.30. The number of pyridine rings is 1. The Kier molecular flexibility index (Phi) is 2.99. The maximum absolute atomic E-state index is 4.18. The zero-order valence-corrected chi connectivity index (χ0v) is 9.88. The SMILES string of the molecule is Cc1cncc(-c2nncn2CC(C)C)c1. The minimum atomic E-state index is 0.576. The van der Waals surface area contributed by atoms with E-state index in [0.29, 0.717) is 5.92 Å². The average Bonchev–Trinajstić information content (AvgIpc) is 2.65.